The Labute approximate surface area is 228 Å². The highest BCUT2D eigenvalue weighted by atomic mass is 16.7. The number of piperidine rings is 1. The molecule has 1 aromatic carbocycles. The molecule has 39 heavy (non-hydrogen) atoms. The van der Waals surface area contributed by atoms with Gasteiger partial charge < -0.3 is 49.0 Å². The number of carbonyl (C=O) groups excluding carboxylic acids is 1. The minimum atomic E-state index is -1.53. The van der Waals surface area contributed by atoms with E-state index in [4.69, 9.17) is 23.7 Å². The summed E-state index contributed by atoms with van der Waals surface area (Å²) in [5.41, 5.74) is -0.219. The Balaban J connectivity index is 1.31. The van der Waals surface area contributed by atoms with E-state index in [2.05, 4.69) is 0 Å². The first kappa shape index (κ1) is 28.4. The van der Waals surface area contributed by atoms with Gasteiger partial charge in [0.25, 0.3) is 0 Å². The molecule has 0 radical (unpaired) electrons. The number of rotatable bonds is 3. The van der Waals surface area contributed by atoms with Crippen molar-refractivity contribution < 1.29 is 48.9 Å². The highest BCUT2D eigenvalue weighted by Gasteiger charge is 2.52. The number of hydrogen-bond donors (Lipinski definition) is 4. The number of carbonyl (C=O) groups is 1. The number of nitrogens with zero attached hydrogens (tertiary/aromatic N) is 1. The van der Waals surface area contributed by atoms with Crippen molar-refractivity contribution in [3.8, 4) is 11.5 Å². The van der Waals surface area contributed by atoms with Gasteiger partial charge in [-0.1, -0.05) is 0 Å². The summed E-state index contributed by atoms with van der Waals surface area (Å²) in [5.74, 6) is 1.16. The van der Waals surface area contributed by atoms with Crippen LogP contribution in [0, 0.1) is 11.8 Å². The molecular formula is C28H41NO10. The van der Waals surface area contributed by atoms with E-state index < -0.39 is 48.5 Å². The van der Waals surface area contributed by atoms with E-state index in [1.807, 2.05) is 40.7 Å². The number of aliphatic hydroxyl groups is 4. The molecule has 0 bridgehead atoms. The lowest BCUT2D eigenvalue weighted by atomic mass is 9.70. The number of hydrogen-bond acceptors (Lipinski definition) is 10. The topological polar surface area (TPSA) is 147 Å². The zero-order valence-corrected chi connectivity index (χ0v) is 23.1. The SMILES string of the molecule is CC(C)(C)OC(=O)N1CC[C@@H]2O[C@@H]3c4ccc(O[C@@H]5O[C@@H](CO)[C@H](O)[C@@H](O)[C@H]5O)cc4OC(C)(C)[C@H]3C[C@@H]2C1. The largest absolute Gasteiger partial charge is 0.487 e. The van der Waals surface area contributed by atoms with Crippen molar-refractivity contribution >= 4 is 6.09 Å². The molecule has 1 amide bonds. The second-order valence-corrected chi connectivity index (χ2v) is 12.6. The quantitative estimate of drug-likeness (QED) is 0.438. The first-order chi connectivity index (χ1) is 18.3. The lowest BCUT2D eigenvalue weighted by Crippen LogP contribution is -2.60. The molecule has 1 aromatic rings. The molecular weight excluding hydrogens is 510 g/mol. The second kappa shape index (κ2) is 10.4. The molecule has 5 rings (SSSR count). The Kier molecular flexibility index (Phi) is 7.53. The molecule has 4 aliphatic heterocycles. The molecule has 9 atom stereocenters. The number of benzene rings is 1. The Morgan fingerprint density at radius 1 is 1.13 bits per heavy atom. The third kappa shape index (κ3) is 5.57. The van der Waals surface area contributed by atoms with Gasteiger partial charge in [-0.3, -0.25) is 0 Å². The fourth-order valence-corrected chi connectivity index (χ4v) is 6.15. The molecule has 11 heteroatoms. The number of likely N-dealkylation sites (tertiary alicyclic amines) is 1. The van der Waals surface area contributed by atoms with Crippen LogP contribution in [0.4, 0.5) is 4.79 Å². The van der Waals surface area contributed by atoms with Crippen LogP contribution in [0.3, 0.4) is 0 Å². The van der Waals surface area contributed by atoms with E-state index in [1.165, 1.54) is 0 Å². The molecule has 0 unspecified atom stereocenters. The van der Waals surface area contributed by atoms with Crippen molar-refractivity contribution in [2.45, 2.75) is 102 Å². The molecule has 11 nitrogen and oxygen atoms in total. The van der Waals surface area contributed by atoms with Crippen LogP contribution in [-0.2, 0) is 14.2 Å². The molecule has 3 saturated heterocycles. The predicted octanol–water partition coefficient (Wildman–Crippen LogP) is 1.74. The van der Waals surface area contributed by atoms with Crippen molar-refractivity contribution in [2.24, 2.45) is 11.8 Å². The highest BCUT2D eigenvalue weighted by Crippen LogP contribution is 2.53. The van der Waals surface area contributed by atoms with Gasteiger partial charge in [-0.2, -0.15) is 0 Å². The maximum absolute atomic E-state index is 12.7. The summed E-state index contributed by atoms with van der Waals surface area (Å²) in [4.78, 5) is 14.5. The number of aliphatic hydroxyl groups excluding tert-OH is 4. The number of ether oxygens (including phenoxy) is 5. The third-order valence-corrected chi connectivity index (χ3v) is 8.22. The Hall–Kier alpha value is -2.15. The van der Waals surface area contributed by atoms with Crippen molar-refractivity contribution in [1.82, 2.24) is 4.90 Å². The summed E-state index contributed by atoms with van der Waals surface area (Å²) in [7, 11) is 0. The van der Waals surface area contributed by atoms with Gasteiger partial charge >= 0.3 is 6.09 Å². The molecule has 0 spiro atoms. The van der Waals surface area contributed by atoms with E-state index in [-0.39, 0.29) is 30.1 Å². The van der Waals surface area contributed by atoms with E-state index >= 15 is 0 Å². The standard InChI is InChI=1S/C28H41NO10/c1-27(2,3)39-26(34)29-9-8-18-14(12-29)10-17-24(36-18)16-7-6-15(11-19(16)38-28(17,4)5)35-25-23(33)22(32)21(31)20(13-30)37-25/h6-7,11,14,17-18,20-25,30-33H,8-10,12-13H2,1-5H3/t14-,17+,18+,20+,21+,22-,23-,24-,25-/m1/s1. The molecule has 4 heterocycles. The van der Waals surface area contributed by atoms with Crippen molar-refractivity contribution in [2.75, 3.05) is 19.7 Å². The average Bonchev–Trinajstić information content (AvgIpc) is 2.86. The van der Waals surface area contributed by atoms with Crippen LogP contribution in [0.2, 0.25) is 0 Å². The van der Waals surface area contributed by atoms with Gasteiger partial charge in [-0.15, -0.1) is 0 Å². The highest BCUT2D eigenvalue weighted by molar-refractivity contribution is 5.68. The molecule has 0 aliphatic carbocycles. The van der Waals surface area contributed by atoms with Crippen LogP contribution in [-0.4, -0.2) is 99.1 Å². The number of fused-ring (bicyclic) bond motifs is 4. The first-order valence-corrected chi connectivity index (χ1v) is 13.7. The maximum atomic E-state index is 12.7. The molecule has 4 N–H and O–H groups in total. The molecule has 0 saturated carbocycles. The van der Waals surface area contributed by atoms with Crippen LogP contribution in [0.5, 0.6) is 11.5 Å². The minimum Gasteiger partial charge on any atom is -0.487 e. The van der Waals surface area contributed by atoms with Crippen molar-refractivity contribution in [3.63, 3.8) is 0 Å². The van der Waals surface area contributed by atoms with Gasteiger partial charge in [0.1, 0.15) is 47.1 Å². The summed E-state index contributed by atoms with van der Waals surface area (Å²) in [6.07, 6.45) is -5.76. The van der Waals surface area contributed by atoms with Gasteiger partial charge in [0.05, 0.1) is 18.8 Å². The third-order valence-electron chi connectivity index (χ3n) is 8.22. The van der Waals surface area contributed by atoms with Crippen molar-refractivity contribution in [1.29, 1.82) is 0 Å². The lowest BCUT2D eigenvalue weighted by Gasteiger charge is -2.53. The molecule has 0 aromatic heterocycles. The summed E-state index contributed by atoms with van der Waals surface area (Å²) < 4.78 is 30.0. The predicted molar refractivity (Wildman–Crippen MR) is 137 cm³/mol. The lowest BCUT2D eigenvalue weighted by molar-refractivity contribution is -0.277. The van der Waals surface area contributed by atoms with Crippen LogP contribution >= 0.6 is 0 Å². The second-order valence-electron chi connectivity index (χ2n) is 12.6. The van der Waals surface area contributed by atoms with Gasteiger partial charge in [0.15, 0.2) is 0 Å². The van der Waals surface area contributed by atoms with Crippen LogP contribution in [0.15, 0.2) is 18.2 Å². The Morgan fingerprint density at radius 3 is 2.56 bits per heavy atom. The fraction of sp³-hybridized carbons (Fsp3) is 0.750. The Morgan fingerprint density at radius 2 is 1.87 bits per heavy atom. The van der Waals surface area contributed by atoms with Crippen LogP contribution < -0.4 is 9.47 Å². The normalized spacial score (nSPS) is 37.6. The van der Waals surface area contributed by atoms with Gasteiger partial charge in [0.2, 0.25) is 6.29 Å². The Bertz CT molecular complexity index is 1060. The molecule has 3 fully saturated rings. The van der Waals surface area contributed by atoms with E-state index in [1.54, 1.807) is 17.0 Å². The first-order valence-electron chi connectivity index (χ1n) is 13.7. The maximum Gasteiger partial charge on any atom is 0.410 e. The average molecular weight is 552 g/mol. The minimum absolute atomic E-state index is 0.0109. The van der Waals surface area contributed by atoms with Crippen LogP contribution in [0.1, 0.15) is 59.1 Å². The zero-order chi connectivity index (χ0) is 28.3. The summed E-state index contributed by atoms with van der Waals surface area (Å²) in [5, 5.41) is 39.9. The smallest absolute Gasteiger partial charge is 0.410 e. The van der Waals surface area contributed by atoms with Gasteiger partial charge in [-0.05, 0) is 59.6 Å². The van der Waals surface area contributed by atoms with Crippen molar-refractivity contribution in [3.05, 3.63) is 23.8 Å². The van der Waals surface area contributed by atoms with Gasteiger partial charge in [0, 0.05) is 36.6 Å². The summed E-state index contributed by atoms with van der Waals surface area (Å²) in [6.45, 7) is 10.3. The van der Waals surface area contributed by atoms with E-state index in [0.717, 1.165) is 18.4 Å². The monoisotopic (exact) mass is 551 g/mol. The molecule has 218 valence electrons. The van der Waals surface area contributed by atoms with Crippen LogP contribution in [0.25, 0.3) is 0 Å². The zero-order valence-electron chi connectivity index (χ0n) is 23.1. The molecule has 4 aliphatic rings. The summed E-state index contributed by atoms with van der Waals surface area (Å²) >= 11 is 0. The fourth-order valence-electron chi connectivity index (χ4n) is 6.15. The number of amides is 1. The summed E-state index contributed by atoms with van der Waals surface area (Å²) in [6, 6.07) is 5.30. The van der Waals surface area contributed by atoms with Gasteiger partial charge in [-0.25, -0.2) is 4.79 Å². The van der Waals surface area contributed by atoms with E-state index in [9.17, 15) is 25.2 Å². The van der Waals surface area contributed by atoms with E-state index in [0.29, 0.717) is 24.6 Å².